The van der Waals surface area contributed by atoms with Gasteiger partial charge in [0, 0.05) is 61.6 Å². The average Bonchev–Trinajstić information content (AvgIpc) is 3.17. The lowest BCUT2D eigenvalue weighted by molar-refractivity contribution is -0.139. The van der Waals surface area contributed by atoms with Gasteiger partial charge in [0.25, 0.3) is 0 Å². The number of carbonyl (C=O) groups is 1. The van der Waals surface area contributed by atoms with Crippen LogP contribution in [0.5, 0.6) is 17.2 Å². The third-order valence-corrected chi connectivity index (χ3v) is 6.13. The quantitative estimate of drug-likeness (QED) is 0.449. The summed E-state index contributed by atoms with van der Waals surface area (Å²) in [6.45, 7) is 6.46. The summed E-state index contributed by atoms with van der Waals surface area (Å²) in [6, 6.07) is 3.60. The third-order valence-electron chi connectivity index (χ3n) is 6.13. The second-order valence-electron chi connectivity index (χ2n) is 8.77. The number of methoxy groups -OCH3 is 3. The van der Waals surface area contributed by atoms with Crippen LogP contribution in [0.15, 0.2) is 30.7 Å². The minimum absolute atomic E-state index is 0.234. The Kier molecular flexibility index (Phi) is 7.11. The average molecular weight is 482 g/mol. The molecule has 3 aromatic rings. The normalized spacial score (nSPS) is 13.9. The van der Waals surface area contributed by atoms with Crippen molar-refractivity contribution in [2.24, 2.45) is 5.92 Å². The number of ether oxygens (including phenoxy) is 3. The van der Waals surface area contributed by atoms with Crippen molar-refractivity contribution < 1.29 is 24.1 Å². The molecule has 0 atom stereocenters. The molecular weight excluding hydrogens is 450 g/mol. The number of carboxylic acids is 1. The molecule has 186 valence electrons. The Morgan fingerprint density at radius 1 is 1.09 bits per heavy atom. The van der Waals surface area contributed by atoms with Crippen LogP contribution in [0.4, 0.5) is 11.6 Å². The minimum Gasteiger partial charge on any atom is -0.493 e. The number of aliphatic carboxylic acids is 1. The zero-order valence-electron chi connectivity index (χ0n) is 20.7. The molecular formula is C25H31N5O5. The molecule has 4 rings (SSSR count). The lowest BCUT2D eigenvalue weighted by Gasteiger charge is -2.38. The molecule has 1 aliphatic rings. The van der Waals surface area contributed by atoms with Crippen molar-refractivity contribution >= 4 is 17.6 Å². The van der Waals surface area contributed by atoms with Gasteiger partial charge in [0.1, 0.15) is 5.82 Å². The van der Waals surface area contributed by atoms with E-state index in [1.165, 1.54) is 5.56 Å². The Bertz CT molecular complexity index is 1190. The highest BCUT2D eigenvalue weighted by Gasteiger charge is 2.29. The first kappa shape index (κ1) is 24.3. The van der Waals surface area contributed by atoms with E-state index in [2.05, 4.69) is 34.5 Å². The van der Waals surface area contributed by atoms with Crippen molar-refractivity contribution in [1.82, 2.24) is 19.4 Å². The van der Waals surface area contributed by atoms with Crippen LogP contribution in [0.25, 0.3) is 5.82 Å². The number of benzene rings is 1. The molecule has 0 radical (unpaired) electrons. The van der Waals surface area contributed by atoms with Crippen molar-refractivity contribution in [2.45, 2.75) is 26.8 Å². The van der Waals surface area contributed by atoms with E-state index in [1.807, 2.05) is 11.5 Å². The molecule has 1 saturated heterocycles. The minimum atomic E-state index is -0.729. The maximum absolute atomic E-state index is 10.9. The maximum Gasteiger partial charge on any atom is 0.303 e. The van der Waals surface area contributed by atoms with Crippen LogP contribution in [0.1, 0.15) is 23.1 Å². The molecule has 10 heteroatoms. The lowest BCUT2D eigenvalue weighted by Crippen LogP contribution is -2.46. The molecule has 35 heavy (non-hydrogen) atoms. The second kappa shape index (κ2) is 10.2. The summed E-state index contributed by atoms with van der Waals surface area (Å²) < 4.78 is 18.3. The molecule has 1 aromatic carbocycles. The Balaban J connectivity index is 1.53. The van der Waals surface area contributed by atoms with E-state index in [9.17, 15) is 4.79 Å². The molecule has 2 aromatic heterocycles. The van der Waals surface area contributed by atoms with Gasteiger partial charge < -0.3 is 29.2 Å². The summed E-state index contributed by atoms with van der Waals surface area (Å²) in [5.74, 6) is 2.30. The molecule has 1 fully saturated rings. The standard InChI is InChI=1S/C25H31N5O5/c1-15-9-26-25(27-19-7-20(33-3)23(35-5)21(8-19)34-4)28-24(15)30-10-16(2)18(14-30)13-29-11-17(12-29)6-22(31)32/h7-10,14,17H,6,11-13H2,1-5H3,(H,31,32)(H,26,27,28). The number of carboxylic acid groups (broad SMARTS) is 1. The maximum atomic E-state index is 10.9. The topological polar surface area (TPSA) is 111 Å². The number of aryl methyl sites for hydroxylation is 2. The predicted octanol–water partition coefficient (Wildman–Crippen LogP) is 3.56. The van der Waals surface area contributed by atoms with Gasteiger partial charge in [0.2, 0.25) is 11.7 Å². The molecule has 0 spiro atoms. The zero-order valence-corrected chi connectivity index (χ0v) is 20.7. The van der Waals surface area contributed by atoms with Crippen LogP contribution >= 0.6 is 0 Å². The van der Waals surface area contributed by atoms with E-state index in [0.717, 1.165) is 36.6 Å². The van der Waals surface area contributed by atoms with Crippen LogP contribution in [0, 0.1) is 19.8 Å². The van der Waals surface area contributed by atoms with Gasteiger partial charge in [-0.3, -0.25) is 9.69 Å². The van der Waals surface area contributed by atoms with Crippen LogP contribution in [-0.2, 0) is 11.3 Å². The van der Waals surface area contributed by atoms with E-state index in [0.29, 0.717) is 28.9 Å². The van der Waals surface area contributed by atoms with Gasteiger partial charge in [-0.05, 0) is 30.9 Å². The number of hydrogen-bond donors (Lipinski definition) is 2. The molecule has 10 nitrogen and oxygen atoms in total. The molecule has 0 aliphatic carbocycles. The summed E-state index contributed by atoms with van der Waals surface area (Å²) >= 11 is 0. The van der Waals surface area contributed by atoms with Crippen LogP contribution in [0.3, 0.4) is 0 Å². The van der Waals surface area contributed by atoms with Gasteiger partial charge in [-0.1, -0.05) is 0 Å². The van der Waals surface area contributed by atoms with Gasteiger partial charge >= 0.3 is 5.97 Å². The van der Waals surface area contributed by atoms with Crippen molar-refractivity contribution in [3.8, 4) is 23.1 Å². The molecule has 0 saturated carbocycles. The molecule has 1 aliphatic heterocycles. The number of nitrogens with one attached hydrogen (secondary N) is 1. The predicted molar refractivity (Wildman–Crippen MR) is 131 cm³/mol. The molecule has 3 heterocycles. The molecule has 2 N–H and O–H groups in total. The summed E-state index contributed by atoms with van der Waals surface area (Å²) in [7, 11) is 4.70. The zero-order chi connectivity index (χ0) is 25.1. The van der Waals surface area contributed by atoms with Crippen molar-refractivity contribution in [2.75, 3.05) is 39.7 Å². The van der Waals surface area contributed by atoms with Gasteiger partial charge in [-0.15, -0.1) is 0 Å². The number of likely N-dealkylation sites (tertiary alicyclic amines) is 1. The summed E-state index contributed by atoms with van der Waals surface area (Å²) in [5, 5.41) is 12.2. The van der Waals surface area contributed by atoms with E-state index in [-0.39, 0.29) is 12.3 Å². The summed E-state index contributed by atoms with van der Waals surface area (Å²) in [5.41, 5.74) is 3.99. The monoisotopic (exact) mass is 481 g/mol. The molecule has 0 bridgehead atoms. The van der Waals surface area contributed by atoms with Gasteiger partial charge in [0.15, 0.2) is 11.5 Å². The number of aromatic nitrogens is 3. The highest BCUT2D eigenvalue weighted by atomic mass is 16.5. The van der Waals surface area contributed by atoms with Crippen LogP contribution in [-0.4, -0.2) is 64.9 Å². The smallest absolute Gasteiger partial charge is 0.303 e. The SMILES string of the molecule is COc1cc(Nc2ncc(C)c(-n3cc(C)c(CN4CC(CC(=O)O)C4)c3)n2)cc(OC)c1OC. The lowest BCUT2D eigenvalue weighted by atomic mass is 9.96. The van der Waals surface area contributed by atoms with E-state index in [4.69, 9.17) is 24.3 Å². The fourth-order valence-corrected chi connectivity index (χ4v) is 4.35. The largest absolute Gasteiger partial charge is 0.493 e. The highest BCUT2D eigenvalue weighted by Crippen LogP contribution is 2.40. The van der Waals surface area contributed by atoms with E-state index in [1.54, 1.807) is 39.7 Å². The van der Waals surface area contributed by atoms with Crippen molar-refractivity contribution in [1.29, 1.82) is 0 Å². The Labute approximate surface area is 204 Å². The van der Waals surface area contributed by atoms with Gasteiger partial charge in [-0.2, -0.15) is 4.98 Å². The molecule has 0 unspecified atom stereocenters. The molecule has 0 amide bonds. The van der Waals surface area contributed by atoms with E-state index < -0.39 is 5.97 Å². The Morgan fingerprint density at radius 3 is 2.37 bits per heavy atom. The number of hydrogen-bond acceptors (Lipinski definition) is 8. The van der Waals surface area contributed by atoms with Gasteiger partial charge in [-0.25, -0.2) is 4.98 Å². The first-order chi connectivity index (χ1) is 16.8. The number of rotatable bonds is 10. The summed E-state index contributed by atoms with van der Waals surface area (Å²) in [6.07, 6.45) is 6.16. The Hall–Kier alpha value is -3.79. The summed E-state index contributed by atoms with van der Waals surface area (Å²) in [4.78, 5) is 22.4. The fraction of sp³-hybridized carbons (Fsp3) is 0.400. The number of anilines is 2. The Morgan fingerprint density at radius 2 is 1.77 bits per heavy atom. The number of nitrogens with zero attached hydrogens (tertiary/aromatic N) is 4. The first-order valence-electron chi connectivity index (χ1n) is 11.3. The van der Waals surface area contributed by atoms with Crippen molar-refractivity contribution in [3.05, 3.63) is 47.4 Å². The fourth-order valence-electron chi connectivity index (χ4n) is 4.35. The van der Waals surface area contributed by atoms with Gasteiger partial charge in [0.05, 0.1) is 27.8 Å². The van der Waals surface area contributed by atoms with Crippen LogP contribution < -0.4 is 19.5 Å². The first-order valence-corrected chi connectivity index (χ1v) is 11.3. The van der Waals surface area contributed by atoms with Crippen LogP contribution in [0.2, 0.25) is 0 Å². The third kappa shape index (κ3) is 5.32. The second-order valence-corrected chi connectivity index (χ2v) is 8.77. The van der Waals surface area contributed by atoms with E-state index >= 15 is 0 Å². The highest BCUT2D eigenvalue weighted by molar-refractivity contribution is 5.67. The van der Waals surface area contributed by atoms with Crippen molar-refractivity contribution in [3.63, 3.8) is 0 Å².